The molecular formula is C19H28N6O2. The fourth-order valence-corrected chi connectivity index (χ4v) is 4.38. The van der Waals surface area contributed by atoms with E-state index >= 15 is 0 Å². The minimum atomic E-state index is 0.0741. The molecule has 0 radical (unpaired) electrons. The number of carbonyl (C=O) groups is 1. The SMILES string of the molecule is CN(C)Cc1cn(CC2CC3CCN2CC3C(=O)NCc2ccco2)nn1. The number of nitrogens with zero attached hydrogens (tertiary/aromatic N) is 5. The number of rotatable bonds is 7. The van der Waals surface area contributed by atoms with Crippen LogP contribution in [0.2, 0.25) is 0 Å². The minimum Gasteiger partial charge on any atom is -0.467 e. The summed E-state index contributed by atoms with van der Waals surface area (Å²) in [5.41, 5.74) is 0.992. The Morgan fingerprint density at radius 2 is 2.33 bits per heavy atom. The van der Waals surface area contributed by atoms with Crippen molar-refractivity contribution in [3.63, 3.8) is 0 Å². The van der Waals surface area contributed by atoms with Crippen LogP contribution in [0.25, 0.3) is 0 Å². The highest BCUT2D eigenvalue weighted by molar-refractivity contribution is 5.79. The van der Waals surface area contributed by atoms with Gasteiger partial charge >= 0.3 is 0 Å². The van der Waals surface area contributed by atoms with E-state index in [-0.39, 0.29) is 11.8 Å². The summed E-state index contributed by atoms with van der Waals surface area (Å²) in [5, 5.41) is 11.6. The zero-order chi connectivity index (χ0) is 18.8. The first-order chi connectivity index (χ1) is 13.1. The molecule has 8 heteroatoms. The molecule has 3 fully saturated rings. The smallest absolute Gasteiger partial charge is 0.225 e. The van der Waals surface area contributed by atoms with Gasteiger partial charge in [0.1, 0.15) is 5.76 Å². The molecule has 1 N–H and O–H groups in total. The monoisotopic (exact) mass is 372 g/mol. The van der Waals surface area contributed by atoms with Gasteiger partial charge in [0.05, 0.1) is 31.0 Å². The number of furan rings is 1. The van der Waals surface area contributed by atoms with Gasteiger partial charge in [-0.25, -0.2) is 0 Å². The van der Waals surface area contributed by atoms with Gasteiger partial charge in [0.15, 0.2) is 0 Å². The van der Waals surface area contributed by atoms with Crippen molar-refractivity contribution >= 4 is 5.91 Å². The summed E-state index contributed by atoms with van der Waals surface area (Å²) < 4.78 is 7.25. The Hall–Kier alpha value is -2.19. The van der Waals surface area contributed by atoms with Crippen molar-refractivity contribution in [1.82, 2.24) is 30.1 Å². The van der Waals surface area contributed by atoms with Crippen molar-refractivity contribution in [3.05, 3.63) is 36.0 Å². The third kappa shape index (κ3) is 4.22. The van der Waals surface area contributed by atoms with E-state index in [9.17, 15) is 4.79 Å². The number of carbonyl (C=O) groups excluding carboxylic acids is 1. The molecule has 4 unspecified atom stereocenters. The Balaban J connectivity index is 1.31. The molecule has 2 aromatic rings. The zero-order valence-corrected chi connectivity index (χ0v) is 16.0. The van der Waals surface area contributed by atoms with E-state index in [4.69, 9.17) is 4.42 Å². The quantitative estimate of drug-likeness (QED) is 0.780. The summed E-state index contributed by atoms with van der Waals surface area (Å²) in [7, 11) is 4.06. The lowest BCUT2D eigenvalue weighted by atomic mass is 9.75. The van der Waals surface area contributed by atoms with Gasteiger partial charge in [-0.15, -0.1) is 5.10 Å². The molecule has 8 nitrogen and oxygen atoms in total. The van der Waals surface area contributed by atoms with Gasteiger partial charge in [-0.05, 0) is 51.5 Å². The molecule has 3 saturated heterocycles. The molecule has 4 atom stereocenters. The lowest BCUT2D eigenvalue weighted by Crippen LogP contribution is -2.57. The van der Waals surface area contributed by atoms with Gasteiger partial charge in [-0.3, -0.25) is 14.4 Å². The van der Waals surface area contributed by atoms with E-state index < -0.39 is 0 Å². The summed E-state index contributed by atoms with van der Waals surface area (Å²) in [6, 6.07) is 4.16. The molecule has 5 heterocycles. The Morgan fingerprint density at radius 3 is 3.04 bits per heavy atom. The number of hydrogen-bond acceptors (Lipinski definition) is 6. The van der Waals surface area contributed by atoms with Crippen LogP contribution in [-0.4, -0.2) is 63.9 Å². The maximum absolute atomic E-state index is 12.6. The fraction of sp³-hybridized carbons (Fsp3) is 0.632. The third-order valence-electron chi connectivity index (χ3n) is 5.69. The van der Waals surface area contributed by atoms with Crippen LogP contribution in [0.1, 0.15) is 24.3 Å². The van der Waals surface area contributed by atoms with E-state index in [1.807, 2.05) is 37.1 Å². The van der Waals surface area contributed by atoms with Crippen molar-refractivity contribution in [3.8, 4) is 0 Å². The Morgan fingerprint density at radius 1 is 1.44 bits per heavy atom. The highest BCUT2D eigenvalue weighted by Gasteiger charge is 2.43. The number of aromatic nitrogens is 3. The van der Waals surface area contributed by atoms with Crippen LogP contribution in [0.5, 0.6) is 0 Å². The molecule has 0 aliphatic carbocycles. The second-order valence-electron chi connectivity index (χ2n) is 8.01. The average molecular weight is 372 g/mol. The van der Waals surface area contributed by atoms with E-state index in [0.29, 0.717) is 18.5 Å². The van der Waals surface area contributed by atoms with Gasteiger partial charge in [0.25, 0.3) is 0 Å². The fourth-order valence-electron chi connectivity index (χ4n) is 4.38. The molecule has 0 aromatic carbocycles. The van der Waals surface area contributed by atoms with Gasteiger partial charge in [-0.2, -0.15) is 0 Å². The second-order valence-corrected chi connectivity index (χ2v) is 8.01. The largest absolute Gasteiger partial charge is 0.467 e. The first kappa shape index (κ1) is 18.2. The highest BCUT2D eigenvalue weighted by atomic mass is 16.3. The standard InChI is InChI=1S/C19H28N6O2/c1-23(2)10-15-11-25(22-21-15)12-16-8-14-5-6-24(16)13-18(14)19(26)20-9-17-4-3-7-27-17/h3-4,7,11,14,16,18H,5-6,8-10,12-13H2,1-2H3,(H,20,26). The van der Waals surface area contributed by atoms with Crippen LogP contribution in [0.15, 0.2) is 29.0 Å². The summed E-state index contributed by atoms with van der Waals surface area (Å²) >= 11 is 0. The topological polar surface area (TPSA) is 79.4 Å². The van der Waals surface area contributed by atoms with Crippen LogP contribution in [0.4, 0.5) is 0 Å². The molecule has 3 aliphatic rings. The molecule has 5 rings (SSSR count). The van der Waals surface area contributed by atoms with Crippen molar-refractivity contribution in [1.29, 1.82) is 0 Å². The molecule has 1 amide bonds. The molecule has 2 bridgehead atoms. The van der Waals surface area contributed by atoms with Crippen molar-refractivity contribution < 1.29 is 9.21 Å². The van der Waals surface area contributed by atoms with Crippen molar-refractivity contribution in [2.75, 3.05) is 27.2 Å². The van der Waals surface area contributed by atoms with E-state index in [2.05, 4.69) is 25.4 Å². The third-order valence-corrected chi connectivity index (χ3v) is 5.69. The Labute approximate surface area is 159 Å². The first-order valence-corrected chi connectivity index (χ1v) is 9.66. The normalized spacial score (nSPS) is 27.2. The number of amides is 1. The molecule has 2 aromatic heterocycles. The van der Waals surface area contributed by atoms with E-state index in [1.54, 1.807) is 6.26 Å². The summed E-state index contributed by atoms with van der Waals surface area (Å²) in [4.78, 5) is 17.2. The van der Waals surface area contributed by atoms with Crippen molar-refractivity contribution in [2.24, 2.45) is 11.8 Å². The van der Waals surface area contributed by atoms with E-state index in [1.165, 1.54) is 0 Å². The van der Waals surface area contributed by atoms with Crippen molar-refractivity contribution in [2.45, 2.75) is 38.5 Å². The lowest BCUT2D eigenvalue weighted by molar-refractivity contribution is -0.133. The summed E-state index contributed by atoms with van der Waals surface area (Å²) in [6.45, 7) is 4.01. The van der Waals surface area contributed by atoms with Crippen LogP contribution in [-0.2, 0) is 24.4 Å². The molecule has 146 valence electrons. The maximum Gasteiger partial charge on any atom is 0.225 e. The van der Waals surface area contributed by atoms with Gasteiger partial charge in [0, 0.05) is 25.3 Å². The maximum atomic E-state index is 12.6. The number of hydrogen-bond donors (Lipinski definition) is 1. The van der Waals surface area contributed by atoms with E-state index in [0.717, 1.165) is 50.5 Å². The second kappa shape index (κ2) is 7.82. The van der Waals surface area contributed by atoms with Crippen LogP contribution in [0, 0.1) is 11.8 Å². The zero-order valence-electron chi connectivity index (χ0n) is 16.0. The lowest BCUT2D eigenvalue weighted by Gasteiger charge is -2.49. The molecule has 0 saturated carbocycles. The minimum absolute atomic E-state index is 0.0741. The molecule has 0 spiro atoms. The summed E-state index contributed by atoms with van der Waals surface area (Å²) in [5.74, 6) is 1.46. The molecule has 27 heavy (non-hydrogen) atoms. The number of nitrogens with one attached hydrogen (secondary N) is 1. The van der Waals surface area contributed by atoms with Crippen LogP contribution < -0.4 is 5.32 Å². The average Bonchev–Trinajstić information content (AvgIpc) is 3.32. The van der Waals surface area contributed by atoms with Gasteiger partial charge in [0.2, 0.25) is 5.91 Å². The van der Waals surface area contributed by atoms with Gasteiger partial charge < -0.3 is 14.6 Å². The predicted octanol–water partition coefficient (Wildman–Crippen LogP) is 0.960. The molecule has 3 aliphatic heterocycles. The highest BCUT2D eigenvalue weighted by Crippen LogP contribution is 2.37. The predicted molar refractivity (Wildman–Crippen MR) is 99.5 cm³/mol. The Bertz CT molecular complexity index is 756. The summed E-state index contributed by atoms with van der Waals surface area (Å²) in [6.07, 6.45) is 5.81. The van der Waals surface area contributed by atoms with Crippen LogP contribution >= 0.6 is 0 Å². The number of fused-ring (bicyclic) bond motifs is 3. The van der Waals surface area contributed by atoms with Crippen LogP contribution in [0.3, 0.4) is 0 Å². The number of piperidine rings is 3. The first-order valence-electron chi connectivity index (χ1n) is 9.66. The molecular weight excluding hydrogens is 344 g/mol. The van der Waals surface area contributed by atoms with Gasteiger partial charge in [-0.1, -0.05) is 5.21 Å². The Kier molecular flexibility index (Phi) is 5.27.